The van der Waals surface area contributed by atoms with Crippen molar-refractivity contribution in [2.75, 3.05) is 5.32 Å². The van der Waals surface area contributed by atoms with Crippen molar-refractivity contribution in [3.8, 4) is 0 Å². The van der Waals surface area contributed by atoms with Crippen LogP contribution in [0.25, 0.3) is 4.91 Å². The Morgan fingerprint density at radius 2 is 2.22 bits per heavy atom. The topological polar surface area (TPSA) is 63.8 Å². The number of pyridine rings is 1. The van der Waals surface area contributed by atoms with E-state index in [0.29, 0.717) is 5.46 Å². The molecule has 23 heavy (non-hydrogen) atoms. The normalized spacial score (nSPS) is 11.3. The number of thioether (sulfide) groups is 1. The van der Waals surface area contributed by atoms with E-state index < -0.39 is 0 Å². The second-order valence-corrected chi connectivity index (χ2v) is 7.03. The van der Waals surface area contributed by atoms with Crippen LogP contribution in [0.15, 0.2) is 40.4 Å². The van der Waals surface area contributed by atoms with Crippen molar-refractivity contribution in [3.63, 3.8) is 0 Å². The Morgan fingerprint density at radius 3 is 2.83 bits per heavy atom. The van der Waals surface area contributed by atoms with Gasteiger partial charge in [0.1, 0.15) is 13.7 Å². The molecule has 0 aromatic carbocycles. The van der Waals surface area contributed by atoms with Gasteiger partial charge in [-0.25, -0.2) is 9.97 Å². The van der Waals surface area contributed by atoms with Gasteiger partial charge in [-0.2, -0.15) is 0 Å². The first kappa shape index (κ1) is 17.6. The number of nitrogens with one attached hydrogen (secondary N) is 1. The quantitative estimate of drug-likeness (QED) is 0.783. The minimum absolute atomic E-state index is 0.636. The molecule has 0 saturated carbocycles. The Hall–Kier alpha value is -1.73. The Bertz CT molecular complexity index is 716. The first-order valence-corrected chi connectivity index (χ1v) is 8.94. The van der Waals surface area contributed by atoms with Crippen LogP contribution >= 0.6 is 23.1 Å². The molecule has 0 spiro atoms. The van der Waals surface area contributed by atoms with Crippen LogP contribution in [0.5, 0.6) is 0 Å². The van der Waals surface area contributed by atoms with Gasteiger partial charge in [-0.05, 0) is 26.3 Å². The third-order valence-electron chi connectivity index (χ3n) is 2.84. The van der Waals surface area contributed by atoms with Gasteiger partial charge < -0.3 is 11.1 Å². The van der Waals surface area contributed by atoms with Crippen LogP contribution in [0.1, 0.15) is 32.9 Å². The third kappa shape index (κ3) is 5.15. The van der Waals surface area contributed by atoms with E-state index in [-0.39, 0.29) is 0 Å². The molecular weight excluding hydrogens is 323 g/mol. The van der Waals surface area contributed by atoms with E-state index in [0.717, 1.165) is 33.0 Å². The molecule has 118 valence electrons. The van der Waals surface area contributed by atoms with E-state index in [1.165, 1.54) is 16.9 Å². The first-order valence-electron chi connectivity index (χ1n) is 7.25. The van der Waals surface area contributed by atoms with Crippen molar-refractivity contribution >= 4 is 52.3 Å². The van der Waals surface area contributed by atoms with Crippen molar-refractivity contribution in [1.82, 2.24) is 9.97 Å². The number of nitrogens with two attached hydrogens (primary N) is 1. The summed E-state index contributed by atoms with van der Waals surface area (Å²) in [4.78, 5) is 9.94. The molecule has 0 fully saturated rings. The number of aromatic nitrogens is 2. The molecule has 4 nitrogen and oxygen atoms in total. The average Bonchev–Trinajstić information content (AvgIpc) is 2.95. The van der Waals surface area contributed by atoms with Gasteiger partial charge in [0.15, 0.2) is 5.13 Å². The van der Waals surface area contributed by atoms with Crippen LogP contribution in [0.2, 0.25) is 0 Å². The highest BCUT2D eigenvalue weighted by Crippen LogP contribution is 2.36. The Morgan fingerprint density at radius 1 is 1.43 bits per heavy atom. The molecule has 0 aliphatic heterocycles. The maximum Gasteiger partial charge on any atom is 0.188 e. The SMILES string of the molecule is [B]c1ccc(Nc2nc(C(S/C(N)=C/CC)=C(C)C)cs2)nc1. The minimum atomic E-state index is 0.636. The largest absolute Gasteiger partial charge is 0.394 e. The van der Waals surface area contributed by atoms with Crippen molar-refractivity contribution < 1.29 is 0 Å². The van der Waals surface area contributed by atoms with Gasteiger partial charge in [0.2, 0.25) is 0 Å². The highest BCUT2D eigenvalue weighted by atomic mass is 32.2. The number of anilines is 2. The fourth-order valence-electron chi connectivity index (χ4n) is 1.80. The van der Waals surface area contributed by atoms with Gasteiger partial charge in [0.25, 0.3) is 0 Å². The Balaban J connectivity index is 2.17. The van der Waals surface area contributed by atoms with Gasteiger partial charge in [-0.1, -0.05) is 41.9 Å². The van der Waals surface area contributed by atoms with E-state index in [1.807, 2.05) is 17.5 Å². The van der Waals surface area contributed by atoms with Gasteiger partial charge in [-0.15, -0.1) is 11.3 Å². The molecule has 0 bridgehead atoms. The molecule has 2 radical (unpaired) electrons. The van der Waals surface area contributed by atoms with E-state index >= 15 is 0 Å². The fourth-order valence-corrected chi connectivity index (χ4v) is 3.48. The molecule has 0 atom stereocenters. The lowest BCUT2D eigenvalue weighted by molar-refractivity contribution is 1.20. The summed E-state index contributed by atoms with van der Waals surface area (Å²) in [5.41, 5.74) is 8.78. The molecule has 0 saturated heterocycles. The summed E-state index contributed by atoms with van der Waals surface area (Å²) in [6, 6.07) is 3.63. The monoisotopic (exact) mass is 342 g/mol. The van der Waals surface area contributed by atoms with Gasteiger partial charge in [-0.3, -0.25) is 0 Å². The molecule has 2 heterocycles. The maximum atomic E-state index is 6.03. The zero-order chi connectivity index (χ0) is 16.8. The third-order valence-corrected chi connectivity index (χ3v) is 4.82. The maximum absolute atomic E-state index is 6.03. The summed E-state index contributed by atoms with van der Waals surface area (Å²) in [7, 11) is 5.64. The molecule has 7 heteroatoms. The summed E-state index contributed by atoms with van der Waals surface area (Å²) in [5, 5.41) is 6.79. The van der Waals surface area contributed by atoms with Gasteiger partial charge in [0.05, 0.1) is 10.7 Å². The number of hydrogen-bond acceptors (Lipinski definition) is 6. The molecule has 3 N–H and O–H groups in total. The molecular formula is C16H19BN4S2. The number of hydrogen-bond donors (Lipinski definition) is 2. The van der Waals surface area contributed by atoms with Crippen LogP contribution in [-0.4, -0.2) is 17.8 Å². The van der Waals surface area contributed by atoms with E-state index in [1.54, 1.807) is 24.0 Å². The summed E-state index contributed by atoms with van der Waals surface area (Å²) < 4.78 is 0. The summed E-state index contributed by atoms with van der Waals surface area (Å²) >= 11 is 3.09. The Kier molecular flexibility index (Phi) is 6.30. The second-order valence-electron chi connectivity index (χ2n) is 5.09. The number of allylic oxidation sites excluding steroid dienone is 2. The lowest BCUT2D eigenvalue weighted by Gasteiger charge is -2.07. The highest BCUT2D eigenvalue weighted by molar-refractivity contribution is 8.11. The molecule has 2 aromatic heterocycles. The minimum Gasteiger partial charge on any atom is -0.394 e. The molecule has 0 amide bonds. The fraction of sp³-hybridized carbons (Fsp3) is 0.250. The average molecular weight is 342 g/mol. The predicted octanol–water partition coefficient (Wildman–Crippen LogP) is 3.77. The van der Waals surface area contributed by atoms with Crippen LogP contribution in [0.3, 0.4) is 0 Å². The molecule has 2 rings (SSSR count). The van der Waals surface area contributed by atoms with Crippen molar-refractivity contribution in [2.24, 2.45) is 5.73 Å². The van der Waals surface area contributed by atoms with Crippen LogP contribution in [0.4, 0.5) is 10.9 Å². The van der Waals surface area contributed by atoms with Gasteiger partial charge in [0, 0.05) is 16.5 Å². The van der Waals surface area contributed by atoms with Crippen molar-refractivity contribution in [2.45, 2.75) is 27.2 Å². The van der Waals surface area contributed by atoms with Crippen molar-refractivity contribution in [3.05, 3.63) is 46.1 Å². The standard InChI is InChI=1S/C16H19BN4S2/c1-4-5-13(18)23-15(10(2)3)12-9-22-16(20-12)21-14-7-6-11(17)8-19-14/h5-9H,4,18H2,1-3H3,(H,19,20,21)/b13-5+. The lowest BCUT2D eigenvalue weighted by atomic mass is 9.99. The summed E-state index contributed by atoms with van der Waals surface area (Å²) in [6.07, 6.45) is 4.55. The molecule has 0 aliphatic carbocycles. The van der Waals surface area contributed by atoms with Gasteiger partial charge >= 0.3 is 0 Å². The molecule has 0 aliphatic rings. The molecule has 0 unspecified atom stereocenters. The molecule has 2 aromatic rings. The number of nitrogens with zero attached hydrogens (tertiary/aromatic N) is 2. The Labute approximate surface area is 146 Å². The van der Waals surface area contributed by atoms with E-state index in [4.69, 9.17) is 13.6 Å². The zero-order valence-corrected chi connectivity index (χ0v) is 15.1. The van der Waals surface area contributed by atoms with E-state index in [2.05, 4.69) is 36.1 Å². The zero-order valence-electron chi connectivity index (χ0n) is 13.5. The highest BCUT2D eigenvalue weighted by Gasteiger charge is 2.11. The summed E-state index contributed by atoms with van der Waals surface area (Å²) in [5.74, 6) is 0.719. The van der Waals surface area contributed by atoms with Crippen LogP contribution in [-0.2, 0) is 0 Å². The lowest BCUT2D eigenvalue weighted by Crippen LogP contribution is -2.03. The first-order chi connectivity index (χ1) is 11.0. The van der Waals surface area contributed by atoms with Crippen molar-refractivity contribution in [1.29, 1.82) is 0 Å². The number of thiazole rings is 1. The smallest absolute Gasteiger partial charge is 0.188 e. The summed E-state index contributed by atoms with van der Waals surface area (Å²) in [6.45, 7) is 6.20. The van der Waals surface area contributed by atoms with E-state index in [9.17, 15) is 0 Å². The number of rotatable bonds is 6. The van der Waals surface area contributed by atoms with Crippen LogP contribution in [0, 0.1) is 0 Å². The van der Waals surface area contributed by atoms with Crippen LogP contribution < -0.4 is 16.5 Å². The predicted molar refractivity (Wildman–Crippen MR) is 103 cm³/mol. The second kappa shape index (κ2) is 8.22.